The smallest absolute Gasteiger partial charge is 0.272 e. The number of benzene rings is 2. The van der Waals surface area contributed by atoms with Crippen LogP contribution in [-0.2, 0) is 6.42 Å². The van der Waals surface area contributed by atoms with Crippen molar-refractivity contribution in [3.05, 3.63) is 59.8 Å². The van der Waals surface area contributed by atoms with Crippen molar-refractivity contribution >= 4 is 22.5 Å². The van der Waals surface area contributed by atoms with Crippen LogP contribution in [-0.4, -0.2) is 35.7 Å². The van der Waals surface area contributed by atoms with Crippen LogP contribution in [0.25, 0.3) is 10.9 Å². The summed E-state index contributed by atoms with van der Waals surface area (Å²) in [6.45, 7) is 2.68. The Hall–Kier alpha value is -2.82. The summed E-state index contributed by atoms with van der Waals surface area (Å²) in [6.07, 6.45) is 2.03. The fourth-order valence-corrected chi connectivity index (χ4v) is 3.33. The molecule has 3 aromatic rings. The molecule has 122 valence electrons. The number of rotatable bonds is 5. The minimum atomic E-state index is -0.116. The first-order chi connectivity index (χ1) is 11.8. The molecule has 0 saturated heterocycles. The molecule has 2 N–H and O–H groups in total. The van der Waals surface area contributed by atoms with E-state index in [-0.39, 0.29) is 5.91 Å². The SMILES string of the molecule is O=C(NCCCN1CCc2ccccc21)c1n[nH]c2ccccc12. The highest BCUT2D eigenvalue weighted by Gasteiger charge is 2.18. The maximum atomic E-state index is 12.3. The molecule has 2 aromatic carbocycles. The zero-order valence-electron chi connectivity index (χ0n) is 13.5. The van der Waals surface area contributed by atoms with E-state index < -0.39 is 0 Å². The quantitative estimate of drug-likeness (QED) is 0.711. The van der Waals surface area contributed by atoms with Crippen LogP contribution < -0.4 is 10.2 Å². The molecule has 0 saturated carbocycles. The average molecular weight is 320 g/mol. The van der Waals surface area contributed by atoms with E-state index in [4.69, 9.17) is 0 Å². The first-order valence-electron chi connectivity index (χ1n) is 8.37. The summed E-state index contributed by atoms with van der Waals surface area (Å²) in [5.41, 5.74) is 4.11. The lowest BCUT2D eigenvalue weighted by molar-refractivity contribution is 0.0950. The number of carbonyl (C=O) groups is 1. The number of nitrogens with one attached hydrogen (secondary N) is 2. The average Bonchev–Trinajstić information content (AvgIpc) is 3.23. The van der Waals surface area contributed by atoms with Crippen molar-refractivity contribution in [1.82, 2.24) is 15.5 Å². The lowest BCUT2D eigenvalue weighted by Crippen LogP contribution is -2.29. The van der Waals surface area contributed by atoms with E-state index in [2.05, 4.69) is 44.7 Å². The van der Waals surface area contributed by atoms with Crippen LogP contribution >= 0.6 is 0 Å². The van der Waals surface area contributed by atoms with E-state index in [0.29, 0.717) is 12.2 Å². The minimum Gasteiger partial charge on any atom is -0.371 e. The number of hydrogen-bond donors (Lipinski definition) is 2. The summed E-state index contributed by atoms with van der Waals surface area (Å²) in [6, 6.07) is 16.2. The van der Waals surface area contributed by atoms with Crippen LogP contribution in [0.15, 0.2) is 48.5 Å². The van der Waals surface area contributed by atoms with Gasteiger partial charge < -0.3 is 10.2 Å². The molecule has 2 heterocycles. The molecule has 24 heavy (non-hydrogen) atoms. The Bertz CT molecular complexity index is 870. The number of aromatic nitrogens is 2. The molecule has 0 radical (unpaired) electrons. The van der Waals surface area contributed by atoms with Gasteiger partial charge >= 0.3 is 0 Å². The van der Waals surface area contributed by atoms with Crippen molar-refractivity contribution < 1.29 is 4.79 Å². The molecule has 0 bridgehead atoms. The third kappa shape index (κ3) is 2.73. The van der Waals surface area contributed by atoms with Gasteiger partial charge in [0.2, 0.25) is 0 Å². The Labute approximate surface area is 140 Å². The highest BCUT2D eigenvalue weighted by Crippen LogP contribution is 2.27. The largest absolute Gasteiger partial charge is 0.371 e. The van der Waals surface area contributed by atoms with Gasteiger partial charge in [0.15, 0.2) is 5.69 Å². The maximum absolute atomic E-state index is 12.3. The van der Waals surface area contributed by atoms with Gasteiger partial charge in [-0.1, -0.05) is 36.4 Å². The van der Waals surface area contributed by atoms with Gasteiger partial charge in [0.1, 0.15) is 0 Å². The Morgan fingerprint density at radius 3 is 2.96 bits per heavy atom. The minimum absolute atomic E-state index is 0.116. The number of anilines is 1. The van der Waals surface area contributed by atoms with Crippen molar-refractivity contribution in [2.75, 3.05) is 24.5 Å². The third-order valence-electron chi connectivity index (χ3n) is 4.56. The molecule has 1 aromatic heterocycles. The molecule has 0 fully saturated rings. The second-order valence-electron chi connectivity index (χ2n) is 6.09. The van der Waals surface area contributed by atoms with Gasteiger partial charge in [-0.15, -0.1) is 0 Å². The predicted octanol–water partition coefficient (Wildman–Crippen LogP) is 2.75. The summed E-state index contributed by atoms with van der Waals surface area (Å²) in [7, 11) is 0. The number of amides is 1. The van der Waals surface area contributed by atoms with E-state index in [9.17, 15) is 4.79 Å². The Morgan fingerprint density at radius 2 is 2.00 bits per heavy atom. The molecule has 5 nitrogen and oxygen atoms in total. The molecule has 4 rings (SSSR count). The molecule has 5 heteroatoms. The summed E-state index contributed by atoms with van der Waals surface area (Å²) >= 11 is 0. The standard InChI is InChI=1S/C19H20N4O/c24-19(18-15-7-2-3-8-16(15)21-22-18)20-11-5-12-23-13-10-14-6-1-4-9-17(14)23/h1-4,6-9H,5,10-13H2,(H,20,24)(H,21,22). The molecule has 0 atom stereocenters. The van der Waals surface area contributed by atoms with Gasteiger partial charge in [-0.2, -0.15) is 5.10 Å². The van der Waals surface area contributed by atoms with Crippen LogP contribution in [0.1, 0.15) is 22.5 Å². The number of para-hydroxylation sites is 2. The molecular weight excluding hydrogens is 300 g/mol. The zero-order chi connectivity index (χ0) is 16.4. The number of hydrogen-bond acceptors (Lipinski definition) is 3. The van der Waals surface area contributed by atoms with Gasteiger partial charge in [0.05, 0.1) is 5.52 Å². The molecule has 1 aliphatic rings. The number of fused-ring (bicyclic) bond motifs is 2. The monoisotopic (exact) mass is 320 g/mol. The summed E-state index contributed by atoms with van der Waals surface area (Å²) < 4.78 is 0. The predicted molar refractivity (Wildman–Crippen MR) is 95.4 cm³/mol. The molecule has 1 amide bonds. The summed E-state index contributed by atoms with van der Waals surface area (Å²) in [5, 5.41) is 10.9. The maximum Gasteiger partial charge on any atom is 0.272 e. The van der Waals surface area contributed by atoms with Crippen LogP contribution in [0.4, 0.5) is 5.69 Å². The Balaban J connectivity index is 1.31. The highest BCUT2D eigenvalue weighted by atomic mass is 16.1. The van der Waals surface area contributed by atoms with E-state index in [0.717, 1.165) is 36.8 Å². The van der Waals surface area contributed by atoms with Crippen LogP contribution in [0.3, 0.4) is 0 Å². The number of H-pyrrole nitrogens is 1. The van der Waals surface area contributed by atoms with E-state index in [1.807, 2.05) is 24.3 Å². The first-order valence-corrected chi connectivity index (χ1v) is 8.37. The van der Waals surface area contributed by atoms with Crippen molar-refractivity contribution in [3.63, 3.8) is 0 Å². The zero-order valence-corrected chi connectivity index (χ0v) is 13.5. The lowest BCUT2D eigenvalue weighted by atomic mass is 10.2. The molecule has 0 unspecified atom stereocenters. The van der Waals surface area contributed by atoms with Crippen molar-refractivity contribution in [2.45, 2.75) is 12.8 Å². The lowest BCUT2D eigenvalue weighted by Gasteiger charge is -2.19. The topological polar surface area (TPSA) is 61.0 Å². The molecular formula is C19H20N4O. The highest BCUT2D eigenvalue weighted by molar-refractivity contribution is 6.04. The fourth-order valence-electron chi connectivity index (χ4n) is 3.33. The van der Waals surface area contributed by atoms with E-state index in [1.165, 1.54) is 11.3 Å². The Morgan fingerprint density at radius 1 is 1.17 bits per heavy atom. The van der Waals surface area contributed by atoms with Crippen molar-refractivity contribution in [3.8, 4) is 0 Å². The Kier molecular flexibility index (Phi) is 3.91. The number of aromatic amines is 1. The van der Waals surface area contributed by atoms with Crippen molar-refractivity contribution in [2.24, 2.45) is 0 Å². The second-order valence-corrected chi connectivity index (χ2v) is 6.09. The van der Waals surface area contributed by atoms with Crippen LogP contribution in [0, 0.1) is 0 Å². The summed E-state index contributed by atoms with van der Waals surface area (Å²) in [5.74, 6) is -0.116. The van der Waals surface area contributed by atoms with Gasteiger partial charge in [0, 0.05) is 30.7 Å². The third-order valence-corrected chi connectivity index (χ3v) is 4.56. The molecule has 0 spiro atoms. The summed E-state index contributed by atoms with van der Waals surface area (Å²) in [4.78, 5) is 14.7. The second kappa shape index (κ2) is 6.35. The van der Waals surface area contributed by atoms with Gasteiger partial charge in [0.25, 0.3) is 5.91 Å². The molecule has 1 aliphatic heterocycles. The number of nitrogens with zero attached hydrogens (tertiary/aromatic N) is 2. The van der Waals surface area contributed by atoms with Crippen molar-refractivity contribution in [1.29, 1.82) is 0 Å². The normalized spacial score (nSPS) is 13.2. The van der Waals surface area contributed by atoms with E-state index in [1.54, 1.807) is 0 Å². The van der Waals surface area contributed by atoms with Crippen LogP contribution in [0.5, 0.6) is 0 Å². The first kappa shape index (κ1) is 14.8. The molecule has 0 aliphatic carbocycles. The van der Waals surface area contributed by atoms with Gasteiger partial charge in [-0.3, -0.25) is 9.89 Å². The number of carbonyl (C=O) groups excluding carboxylic acids is 1. The van der Waals surface area contributed by atoms with Gasteiger partial charge in [-0.05, 0) is 30.5 Å². The van der Waals surface area contributed by atoms with Crippen LogP contribution in [0.2, 0.25) is 0 Å². The van der Waals surface area contributed by atoms with Gasteiger partial charge in [-0.25, -0.2) is 0 Å². The fraction of sp³-hybridized carbons (Fsp3) is 0.263. The van der Waals surface area contributed by atoms with E-state index >= 15 is 0 Å².